The van der Waals surface area contributed by atoms with Crippen LogP contribution in [0.1, 0.15) is 136 Å². The molecule has 0 aliphatic rings. The fraction of sp³-hybridized carbons (Fsp3) is 1.00. The van der Waals surface area contributed by atoms with Crippen LogP contribution in [0.4, 0.5) is 0 Å². The summed E-state index contributed by atoms with van der Waals surface area (Å²) in [5.41, 5.74) is 0. The van der Waals surface area contributed by atoms with Crippen LogP contribution < -0.4 is 17.7 Å². The topological polar surface area (TPSA) is 44.3 Å². The van der Waals surface area contributed by atoms with Gasteiger partial charge in [0.05, 0.1) is 12.6 Å². The molecule has 0 spiro atoms. The smallest absolute Gasteiger partial charge is 0.500 e. The van der Waals surface area contributed by atoms with Gasteiger partial charge in [0.1, 0.15) is 0 Å². The zero-order chi connectivity index (χ0) is 23.8. The fourth-order valence-electron chi connectivity index (χ4n) is 4.69. The van der Waals surface area contributed by atoms with Gasteiger partial charge in [-0.15, -0.1) is 0 Å². The quantitative estimate of drug-likeness (QED) is 0.140. The van der Waals surface area contributed by atoms with E-state index >= 15 is 0 Å². The highest BCUT2D eigenvalue weighted by molar-refractivity contribution is 6.60. The van der Waals surface area contributed by atoms with Crippen molar-refractivity contribution in [2.45, 2.75) is 148 Å². The molecule has 0 rings (SSSR count). The number of quaternary nitrogens is 1. The van der Waals surface area contributed by atoms with E-state index in [0.717, 1.165) is 25.1 Å². The van der Waals surface area contributed by atoms with Crippen molar-refractivity contribution in [3.63, 3.8) is 0 Å². The van der Waals surface area contributed by atoms with E-state index in [1.165, 1.54) is 116 Å². The molecule has 0 heterocycles. The van der Waals surface area contributed by atoms with Gasteiger partial charge in [0.2, 0.25) is 0 Å². The Balaban J connectivity index is 0. The summed E-state index contributed by atoms with van der Waals surface area (Å²) in [6.45, 7) is 5.75. The van der Waals surface area contributed by atoms with Gasteiger partial charge in [0.15, 0.2) is 0 Å². The Hall–Kier alpha value is 0.347. The zero-order valence-corrected chi connectivity index (χ0v) is 24.9. The maximum absolute atomic E-state index is 5.58. The van der Waals surface area contributed by atoms with Crippen molar-refractivity contribution in [2.75, 3.05) is 27.9 Å². The third kappa shape index (κ3) is 21.4. The molecule has 202 valence electrons. The monoisotopic (exact) mass is 509 g/mol. The summed E-state index contributed by atoms with van der Waals surface area (Å²) in [6, 6.07) is 1.70. The second-order valence-corrected chi connectivity index (χ2v) is 12.8. The van der Waals surface area contributed by atoms with Crippen LogP contribution in [0.25, 0.3) is 0 Å². The second-order valence-electron chi connectivity index (χ2n) is 9.71. The maximum Gasteiger partial charge on any atom is 0.500 e. The number of rotatable bonds is 26. The van der Waals surface area contributed by atoms with E-state index in [2.05, 4.69) is 19.2 Å². The largest absolute Gasteiger partial charge is 1.00 e. The lowest BCUT2D eigenvalue weighted by atomic mass is 9.99. The van der Waals surface area contributed by atoms with Crippen LogP contribution in [0.15, 0.2) is 0 Å². The highest BCUT2D eigenvalue weighted by Gasteiger charge is 2.37. The average molecular weight is 510 g/mol. The number of nitrogens with two attached hydrogens (primary N) is 1. The number of hydrogen-bond acceptors (Lipinski definition) is 3. The first-order valence-corrected chi connectivity index (χ1v) is 16.1. The lowest BCUT2D eigenvalue weighted by Gasteiger charge is -2.24. The first-order chi connectivity index (χ1) is 15.7. The number of unbranched alkanes of at least 4 members (excludes halogenated alkanes) is 14. The molecule has 2 N–H and O–H groups in total. The standard InChI is InChI=1S/C27H59NO3Si.ClH/c1-6-8-10-12-14-16-18-20-23-27(24-21-19-17-15-13-11-9-7-2)28-25-22-26-32(29-3,30-4)31-5;/h27-28H,6-26H2,1-5H3;1H. The van der Waals surface area contributed by atoms with Gasteiger partial charge < -0.3 is 31.0 Å². The van der Waals surface area contributed by atoms with Gasteiger partial charge in [-0.05, 0) is 25.7 Å². The molecule has 33 heavy (non-hydrogen) atoms. The van der Waals surface area contributed by atoms with Gasteiger partial charge in [-0.1, -0.05) is 104 Å². The van der Waals surface area contributed by atoms with E-state index in [-0.39, 0.29) is 12.4 Å². The molecule has 0 fully saturated rings. The summed E-state index contributed by atoms with van der Waals surface area (Å²) >= 11 is 0. The summed E-state index contributed by atoms with van der Waals surface area (Å²) in [6.07, 6.45) is 26.5. The average Bonchev–Trinajstić information content (AvgIpc) is 2.82. The van der Waals surface area contributed by atoms with E-state index in [1.54, 1.807) is 21.3 Å². The Kier molecular flexibility index (Phi) is 29.0. The predicted octanol–water partition coefficient (Wildman–Crippen LogP) is 4.25. The lowest BCUT2D eigenvalue weighted by Crippen LogP contribution is -3.00. The molecule has 0 bridgehead atoms. The van der Waals surface area contributed by atoms with Crippen LogP contribution in [-0.2, 0) is 13.3 Å². The predicted molar refractivity (Wildman–Crippen MR) is 141 cm³/mol. The molecule has 0 saturated carbocycles. The minimum atomic E-state index is -2.41. The molecule has 0 aliphatic heterocycles. The van der Waals surface area contributed by atoms with Crippen LogP contribution in [0.5, 0.6) is 0 Å². The van der Waals surface area contributed by atoms with Crippen molar-refractivity contribution < 1.29 is 31.0 Å². The van der Waals surface area contributed by atoms with Crippen LogP contribution in [0.2, 0.25) is 6.04 Å². The molecule has 0 radical (unpaired) electrons. The van der Waals surface area contributed by atoms with Gasteiger partial charge in [0, 0.05) is 33.8 Å². The van der Waals surface area contributed by atoms with Crippen LogP contribution in [0, 0.1) is 0 Å². The normalized spacial score (nSPS) is 11.8. The maximum atomic E-state index is 5.58. The molecule has 0 aromatic heterocycles. The number of hydrogen-bond donors (Lipinski definition) is 1. The van der Waals surface area contributed by atoms with E-state index < -0.39 is 8.80 Å². The number of halogens is 1. The van der Waals surface area contributed by atoms with Crippen LogP contribution >= 0.6 is 0 Å². The molecule has 0 aromatic carbocycles. The van der Waals surface area contributed by atoms with Gasteiger partial charge in [-0.25, -0.2) is 0 Å². The lowest BCUT2D eigenvalue weighted by molar-refractivity contribution is -0.690. The molecule has 0 aromatic rings. The molecule has 0 unspecified atom stereocenters. The van der Waals surface area contributed by atoms with E-state index in [1.807, 2.05) is 0 Å². The van der Waals surface area contributed by atoms with Crippen molar-refractivity contribution in [1.82, 2.24) is 0 Å². The molecule has 0 atom stereocenters. The molecular formula is C27H60ClNO3Si. The van der Waals surface area contributed by atoms with Gasteiger partial charge >= 0.3 is 8.80 Å². The summed E-state index contributed by atoms with van der Waals surface area (Å²) in [5.74, 6) is 0. The van der Waals surface area contributed by atoms with E-state index in [9.17, 15) is 0 Å². The molecule has 0 aliphatic carbocycles. The molecular weight excluding hydrogens is 450 g/mol. The molecule has 0 amide bonds. The van der Waals surface area contributed by atoms with Crippen molar-refractivity contribution in [1.29, 1.82) is 0 Å². The molecule has 6 heteroatoms. The van der Waals surface area contributed by atoms with Crippen LogP contribution in [0.3, 0.4) is 0 Å². The summed E-state index contributed by atoms with van der Waals surface area (Å²) in [5, 5.41) is 2.61. The Bertz CT molecular complexity index is 345. The zero-order valence-electron chi connectivity index (χ0n) is 23.1. The second kappa shape index (κ2) is 26.9. The minimum absolute atomic E-state index is 0. The molecule has 0 saturated heterocycles. The van der Waals surface area contributed by atoms with Crippen LogP contribution in [-0.4, -0.2) is 42.7 Å². The third-order valence-corrected chi connectivity index (χ3v) is 9.81. The SMILES string of the molecule is CCCCCCCCCCC(CCCCCCCCCC)[NH2+]CCC[Si](OC)(OC)OC.[Cl-]. The van der Waals surface area contributed by atoms with Crippen molar-refractivity contribution in [3.05, 3.63) is 0 Å². The summed E-state index contributed by atoms with van der Waals surface area (Å²) in [4.78, 5) is 0. The first kappa shape index (κ1) is 35.5. The first-order valence-electron chi connectivity index (χ1n) is 14.2. The molecule has 4 nitrogen and oxygen atoms in total. The van der Waals surface area contributed by atoms with E-state index in [0.29, 0.717) is 0 Å². The van der Waals surface area contributed by atoms with Crippen molar-refractivity contribution in [2.24, 2.45) is 0 Å². The highest BCUT2D eigenvalue weighted by Crippen LogP contribution is 2.15. The van der Waals surface area contributed by atoms with Gasteiger partial charge in [-0.3, -0.25) is 0 Å². The van der Waals surface area contributed by atoms with Gasteiger partial charge in [0.25, 0.3) is 0 Å². The van der Waals surface area contributed by atoms with E-state index in [4.69, 9.17) is 13.3 Å². The van der Waals surface area contributed by atoms with Gasteiger partial charge in [-0.2, -0.15) is 0 Å². The fourth-order valence-corrected chi connectivity index (χ4v) is 6.44. The van der Waals surface area contributed by atoms with Crippen molar-refractivity contribution in [3.8, 4) is 0 Å². The minimum Gasteiger partial charge on any atom is -1.00 e. The Labute approximate surface area is 215 Å². The Morgan fingerprint density at radius 3 is 1.27 bits per heavy atom. The third-order valence-electron chi connectivity index (χ3n) is 6.98. The Morgan fingerprint density at radius 2 is 0.909 bits per heavy atom. The Morgan fingerprint density at radius 1 is 0.545 bits per heavy atom. The highest BCUT2D eigenvalue weighted by atomic mass is 35.5. The summed E-state index contributed by atoms with van der Waals surface area (Å²) in [7, 11) is 2.75. The summed E-state index contributed by atoms with van der Waals surface area (Å²) < 4.78 is 16.7. The van der Waals surface area contributed by atoms with Crippen molar-refractivity contribution >= 4 is 8.80 Å².